The van der Waals surface area contributed by atoms with E-state index in [1.54, 1.807) is 12.1 Å². The highest BCUT2D eigenvalue weighted by Crippen LogP contribution is 2.29. The monoisotopic (exact) mass is 525 g/mol. The molecule has 0 fully saturated rings. The standard InChI is InChI=1S/C28H39N5O3S/c1-6-7-8-10-20(2)18-33-25(21-12-14-22(15-13-21)28(3,4)5)31-32-27(33)37-19-24(34)30-26(35)29-17-23-11-9-16-36-23/h9,11-16,20H,6-8,10,17-19H2,1-5H3,(H2,29,30,34,35)/t20-/m0/s1. The van der Waals surface area contributed by atoms with E-state index >= 15 is 0 Å². The Hall–Kier alpha value is -3.07. The van der Waals surface area contributed by atoms with Gasteiger partial charge in [-0.3, -0.25) is 10.1 Å². The summed E-state index contributed by atoms with van der Waals surface area (Å²) in [6, 6.07) is 11.4. The van der Waals surface area contributed by atoms with Gasteiger partial charge in [-0.2, -0.15) is 0 Å². The molecule has 0 aliphatic carbocycles. The van der Waals surface area contributed by atoms with Crippen LogP contribution in [0.1, 0.15) is 71.6 Å². The largest absolute Gasteiger partial charge is 0.467 e. The van der Waals surface area contributed by atoms with Crippen LogP contribution in [-0.2, 0) is 23.3 Å². The molecule has 1 aromatic carbocycles. The molecule has 3 rings (SSSR count). The van der Waals surface area contributed by atoms with Crippen LogP contribution in [0.15, 0.2) is 52.2 Å². The fourth-order valence-corrected chi connectivity index (χ4v) is 4.70. The second kappa shape index (κ2) is 13.5. The number of amides is 3. The predicted octanol–water partition coefficient (Wildman–Crippen LogP) is 6.17. The van der Waals surface area contributed by atoms with Crippen LogP contribution in [0.25, 0.3) is 11.4 Å². The quantitative estimate of drug-likeness (QED) is 0.217. The first kappa shape index (κ1) is 28.5. The molecule has 0 aliphatic rings. The van der Waals surface area contributed by atoms with Crippen LogP contribution in [0.3, 0.4) is 0 Å². The minimum absolute atomic E-state index is 0.0550. The molecular weight excluding hydrogens is 486 g/mol. The van der Waals surface area contributed by atoms with Crippen molar-refractivity contribution in [1.29, 1.82) is 0 Å². The van der Waals surface area contributed by atoms with E-state index in [9.17, 15) is 9.59 Å². The van der Waals surface area contributed by atoms with Crippen LogP contribution in [0.5, 0.6) is 0 Å². The van der Waals surface area contributed by atoms with Gasteiger partial charge in [0.1, 0.15) is 5.76 Å². The van der Waals surface area contributed by atoms with Gasteiger partial charge in [-0.05, 0) is 35.4 Å². The highest BCUT2D eigenvalue weighted by atomic mass is 32.2. The maximum absolute atomic E-state index is 12.4. The van der Waals surface area contributed by atoms with Gasteiger partial charge in [0, 0.05) is 12.1 Å². The summed E-state index contributed by atoms with van der Waals surface area (Å²) in [7, 11) is 0. The summed E-state index contributed by atoms with van der Waals surface area (Å²) in [4.78, 5) is 24.5. The number of hydrogen-bond acceptors (Lipinski definition) is 6. The number of nitrogens with one attached hydrogen (secondary N) is 2. The third-order valence-electron chi connectivity index (χ3n) is 6.11. The molecule has 0 saturated heterocycles. The highest BCUT2D eigenvalue weighted by molar-refractivity contribution is 7.99. The zero-order valence-corrected chi connectivity index (χ0v) is 23.4. The maximum atomic E-state index is 12.4. The van der Waals surface area contributed by atoms with Crippen LogP contribution in [-0.4, -0.2) is 32.5 Å². The molecule has 3 amide bonds. The van der Waals surface area contributed by atoms with Crippen molar-refractivity contribution in [3.05, 3.63) is 54.0 Å². The van der Waals surface area contributed by atoms with E-state index in [-0.39, 0.29) is 17.7 Å². The van der Waals surface area contributed by atoms with Crippen LogP contribution >= 0.6 is 11.8 Å². The van der Waals surface area contributed by atoms with Crippen molar-refractivity contribution in [3.63, 3.8) is 0 Å². The fourth-order valence-electron chi connectivity index (χ4n) is 3.96. The average Bonchev–Trinajstić information content (AvgIpc) is 3.51. The van der Waals surface area contributed by atoms with Crippen molar-refractivity contribution in [2.24, 2.45) is 5.92 Å². The topological polar surface area (TPSA) is 102 Å². The Morgan fingerprint density at radius 2 is 1.86 bits per heavy atom. The average molecular weight is 526 g/mol. The molecule has 8 nitrogen and oxygen atoms in total. The lowest BCUT2D eigenvalue weighted by Crippen LogP contribution is -2.39. The molecule has 2 N–H and O–H groups in total. The zero-order chi connectivity index (χ0) is 26.8. The third kappa shape index (κ3) is 8.77. The molecular formula is C28H39N5O3S. The van der Waals surface area contributed by atoms with Crippen molar-refractivity contribution in [3.8, 4) is 11.4 Å². The number of aromatic nitrogens is 3. The number of thioether (sulfide) groups is 1. The SMILES string of the molecule is CCCCC[C@H](C)Cn1c(SCC(=O)NC(=O)NCc2ccco2)nnc1-c1ccc(C(C)(C)C)cc1. The molecule has 0 bridgehead atoms. The van der Waals surface area contributed by atoms with Crippen molar-refractivity contribution < 1.29 is 14.0 Å². The molecule has 0 radical (unpaired) electrons. The second-order valence-electron chi connectivity index (χ2n) is 10.4. The van der Waals surface area contributed by atoms with Gasteiger partial charge in [-0.15, -0.1) is 10.2 Å². The van der Waals surface area contributed by atoms with Gasteiger partial charge in [0.15, 0.2) is 11.0 Å². The Morgan fingerprint density at radius 1 is 1.11 bits per heavy atom. The number of unbranched alkanes of at least 4 members (excludes halogenated alkanes) is 2. The molecule has 200 valence electrons. The van der Waals surface area contributed by atoms with Crippen LogP contribution in [0.2, 0.25) is 0 Å². The first-order valence-corrected chi connectivity index (χ1v) is 13.9. The summed E-state index contributed by atoms with van der Waals surface area (Å²) in [5, 5.41) is 14.5. The van der Waals surface area contributed by atoms with Crippen molar-refractivity contribution in [2.75, 3.05) is 5.75 Å². The maximum Gasteiger partial charge on any atom is 0.321 e. The minimum Gasteiger partial charge on any atom is -0.467 e. The molecule has 1 atom stereocenters. The summed E-state index contributed by atoms with van der Waals surface area (Å²) in [5.41, 5.74) is 2.32. The van der Waals surface area contributed by atoms with Gasteiger partial charge >= 0.3 is 6.03 Å². The highest BCUT2D eigenvalue weighted by Gasteiger charge is 2.20. The fraction of sp³-hybridized carbons (Fsp3) is 0.500. The molecule has 2 aromatic heterocycles. The minimum atomic E-state index is -0.562. The van der Waals surface area contributed by atoms with Gasteiger partial charge in [0.25, 0.3) is 0 Å². The predicted molar refractivity (Wildman–Crippen MR) is 147 cm³/mol. The normalized spacial score (nSPS) is 12.4. The summed E-state index contributed by atoms with van der Waals surface area (Å²) < 4.78 is 7.29. The lowest BCUT2D eigenvalue weighted by Gasteiger charge is -2.19. The van der Waals surface area contributed by atoms with Crippen molar-refractivity contribution in [2.45, 2.75) is 84.0 Å². The number of urea groups is 1. The number of carbonyl (C=O) groups is 2. The van der Waals surface area contributed by atoms with Gasteiger partial charge < -0.3 is 14.3 Å². The Kier molecular flexibility index (Phi) is 10.4. The number of nitrogens with zero attached hydrogens (tertiary/aromatic N) is 3. The van der Waals surface area contributed by atoms with Gasteiger partial charge in [-0.25, -0.2) is 4.79 Å². The molecule has 0 saturated carbocycles. The van der Waals surface area contributed by atoms with Crippen LogP contribution in [0.4, 0.5) is 4.79 Å². The molecule has 0 unspecified atom stereocenters. The van der Waals surface area contributed by atoms with Gasteiger partial charge in [0.2, 0.25) is 5.91 Å². The Labute approximate surface area is 224 Å². The lowest BCUT2D eigenvalue weighted by atomic mass is 9.86. The summed E-state index contributed by atoms with van der Waals surface area (Å²) in [6.45, 7) is 12.0. The van der Waals surface area contributed by atoms with E-state index in [2.05, 4.69) is 84.3 Å². The van der Waals surface area contributed by atoms with E-state index in [4.69, 9.17) is 4.42 Å². The molecule has 0 aliphatic heterocycles. The molecule has 2 heterocycles. The summed E-state index contributed by atoms with van der Waals surface area (Å²) in [5.74, 6) is 1.50. The number of imide groups is 1. The van der Waals surface area contributed by atoms with E-state index in [1.165, 1.54) is 42.9 Å². The Bertz CT molecular complexity index is 1130. The number of hydrogen-bond donors (Lipinski definition) is 2. The van der Waals surface area contributed by atoms with E-state index < -0.39 is 11.9 Å². The number of furan rings is 1. The van der Waals surface area contributed by atoms with Gasteiger partial charge in [-0.1, -0.05) is 89.9 Å². The van der Waals surface area contributed by atoms with Crippen LogP contribution < -0.4 is 10.6 Å². The first-order valence-electron chi connectivity index (χ1n) is 12.9. The molecule has 37 heavy (non-hydrogen) atoms. The third-order valence-corrected chi connectivity index (χ3v) is 7.08. The Morgan fingerprint density at radius 3 is 2.51 bits per heavy atom. The van der Waals surface area contributed by atoms with E-state index in [1.807, 2.05) is 0 Å². The van der Waals surface area contributed by atoms with E-state index in [0.29, 0.717) is 16.8 Å². The lowest BCUT2D eigenvalue weighted by molar-refractivity contribution is -0.117. The van der Waals surface area contributed by atoms with Gasteiger partial charge in [0.05, 0.1) is 18.6 Å². The summed E-state index contributed by atoms with van der Waals surface area (Å²) >= 11 is 1.29. The second-order valence-corrected chi connectivity index (χ2v) is 11.4. The van der Waals surface area contributed by atoms with Crippen molar-refractivity contribution >= 4 is 23.7 Å². The Balaban J connectivity index is 1.68. The first-order chi connectivity index (χ1) is 17.7. The number of rotatable bonds is 12. The van der Waals surface area contributed by atoms with Crippen LogP contribution in [0, 0.1) is 5.92 Å². The van der Waals surface area contributed by atoms with E-state index in [0.717, 1.165) is 24.4 Å². The molecule has 9 heteroatoms. The number of benzene rings is 1. The smallest absolute Gasteiger partial charge is 0.321 e. The summed E-state index contributed by atoms with van der Waals surface area (Å²) in [6.07, 6.45) is 6.25. The molecule has 3 aromatic rings. The zero-order valence-electron chi connectivity index (χ0n) is 22.5. The molecule has 0 spiro atoms. The van der Waals surface area contributed by atoms with Crippen molar-refractivity contribution in [1.82, 2.24) is 25.4 Å². The number of carbonyl (C=O) groups excluding carboxylic acids is 2.